The minimum Gasteiger partial charge on any atom is -0.461 e. The highest BCUT2D eigenvalue weighted by molar-refractivity contribution is 6.31. The van der Waals surface area contributed by atoms with Gasteiger partial charge in [0.1, 0.15) is 11.4 Å². The molecule has 1 aromatic heterocycles. The number of hydrogen-bond donors (Lipinski definition) is 1. The third kappa shape index (κ3) is 2.57. The van der Waals surface area contributed by atoms with Gasteiger partial charge in [0.2, 0.25) is 11.7 Å². The summed E-state index contributed by atoms with van der Waals surface area (Å²) in [5.41, 5.74) is 0.835. The van der Waals surface area contributed by atoms with Crippen molar-refractivity contribution in [2.24, 2.45) is 5.92 Å². The van der Waals surface area contributed by atoms with Gasteiger partial charge in [-0.05, 0) is 55.1 Å². The van der Waals surface area contributed by atoms with E-state index in [9.17, 15) is 14.0 Å². The van der Waals surface area contributed by atoms with Crippen LogP contribution >= 0.6 is 11.6 Å². The average Bonchev–Trinajstić information content (AvgIpc) is 3.42. The Kier molecular flexibility index (Phi) is 4.31. The third-order valence-corrected chi connectivity index (χ3v) is 6.49. The van der Waals surface area contributed by atoms with Gasteiger partial charge >= 0.3 is 0 Å². The zero-order chi connectivity index (χ0) is 21.0. The molecule has 1 saturated heterocycles. The number of carbonyl (C=O) groups is 2. The fraction of sp³-hybridized carbons (Fsp3) is 0.217. The van der Waals surface area contributed by atoms with E-state index >= 15 is 0 Å². The summed E-state index contributed by atoms with van der Waals surface area (Å²) < 4.78 is 19.0. The average molecular weight is 425 g/mol. The second-order valence-corrected chi connectivity index (χ2v) is 8.20. The molecule has 0 unspecified atom stereocenters. The number of halogens is 2. The van der Waals surface area contributed by atoms with Gasteiger partial charge in [-0.15, -0.1) is 0 Å². The molecule has 2 aliphatic rings. The van der Waals surface area contributed by atoms with Crippen molar-refractivity contribution in [3.05, 3.63) is 88.6 Å². The van der Waals surface area contributed by atoms with E-state index in [1.807, 2.05) is 11.9 Å². The molecule has 3 heterocycles. The summed E-state index contributed by atoms with van der Waals surface area (Å²) in [5.74, 6) is -1.85. The number of furan rings is 1. The summed E-state index contributed by atoms with van der Waals surface area (Å²) in [5, 5.41) is 3.40. The Labute approximate surface area is 177 Å². The van der Waals surface area contributed by atoms with Crippen molar-refractivity contribution in [3.63, 3.8) is 0 Å². The van der Waals surface area contributed by atoms with Crippen molar-refractivity contribution < 1.29 is 18.4 Å². The fourth-order valence-corrected chi connectivity index (χ4v) is 5.17. The van der Waals surface area contributed by atoms with Gasteiger partial charge in [-0.1, -0.05) is 23.7 Å². The van der Waals surface area contributed by atoms with E-state index in [1.54, 1.807) is 42.5 Å². The van der Waals surface area contributed by atoms with Gasteiger partial charge in [0.25, 0.3) is 0 Å². The van der Waals surface area contributed by atoms with Gasteiger partial charge in [0.05, 0.1) is 12.2 Å². The van der Waals surface area contributed by atoms with Crippen LogP contribution in [-0.2, 0) is 10.3 Å². The summed E-state index contributed by atoms with van der Waals surface area (Å²) in [7, 11) is 1.82. The fourth-order valence-electron chi connectivity index (χ4n) is 4.99. The number of fused-ring (bicyclic) bond motifs is 2. The van der Waals surface area contributed by atoms with Gasteiger partial charge in [-0.25, -0.2) is 4.39 Å². The molecule has 152 valence electrons. The Morgan fingerprint density at radius 2 is 2.00 bits per heavy atom. The number of hydrogen-bond acceptors (Lipinski definition) is 4. The monoisotopic (exact) mass is 424 g/mol. The molecule has 30 heavy (non-hydrogen) atoms. The van der Waals surface area contributed by atoms with Crippen LogP contribution in [0.5, 0.6) is 0 Å². The molecule has 3 aromatic rings. The molecular formula is C23H18ClFN2O3. The number of carbonyl (C=O) groups excluding carboxylic acids is 2. The van der Waals surface area contributed by atoms with Gasteiger partial charge in [0, 0.05) is 28.7 Å². The maximum Gasteiger partial charge on any atom is 0.250 e. The predicted octanol–water partition coefficient (Wildman–Crippen LogP) is 4.45. The number of Topliss-reactive ketones (excluding diaryl/α,β-unsaturated/α-hetero) is 1. The predicted molar refractivity (Wildman–Crippen MR) is 110 cm³/mol. The zero-order valence-corrected chi connectivity index (χ0v) is 16.8. The molecule has 1 N–H and O–H groups in total. The molecule has 1 fully saturated rings. The first kappa shape index (κ1) is 19.0. The third-order valence-electron chi connectivity index (χ3n) is 6.26. The van der Waals surface area contributed by atoms with E-state index in [1.165, 1.54) is 18.4 Å². The summed E-state index contributed by atoms with van der Waals surface area (Å²) in [4.78, 5) is 29.0. The van der Waals surface area contributed by atoms with Gasteiger partial charge in [0.15, 0.2) is 5.76 Å². The lowest BCUT2D eigenvalue weighted by Crippen LogP contribution is -2.51. The normalized spacial score (nSPS) is 25.5. The molecule has 7 heteroatoms. The van der Waals surface area contributed by atoms with Crippen molar-refractivity contribution in [2.75, 3.05) is 18.9 Å². The molecule has 1 spiro atoms. The summed E-state index contributed by atoms with van der Waals surface area (Å²) in [6, 6.07) is 14.5. The molecular weight excluding hydrogens is 407 g/mol. The second kappa shape index (κ2) is 6.79. The van der Waals surface area contributed by atoms with E-state index in [-0.39, 0.29) is 29.2 Å². The van der Waals surface area contributed by atoms with E-state index in [0.29, 0.717) is 22.8 Å². The molecule has 2 aliphatic heterocycles. The number of nitrogens with one attached hydrogen (secondary N) is 1. The molecule has 0 saturated carbocycles. The number of likely N-dealkylation sites (N-methyl/N-ethyl adjacent to an activating group) is 1. The topological polar surface area (TPSA) is 62.6 Å². The maximum atomic E-state index is 13.7. The summed E-state index contributed by atoms with van der Waals surface area (Å²) >= 11 is 6.28. The first-order chi connectivity index (χ1) is 14.4. The van der Waals surface area contributed by atoms with Crippen molar-refractivity contribution >= 4 is 29.0 Å². The summed E-state index contributed by atoms with van der Waals surface area (Å²) in [6.07, 6.45) is 1.44. The highest BCUT2D eigenvalue weighted by Gasteiger charge is 2.64. The largest absolute Gasteiger partial charge is 0.461 e. The second-order valence-electron chi connectivity index (χ2n) is 7.77. The summed E-state index contributed by atoms with van der Waals surface area (Å²) in [6.45, 7) is 0.433. The van der Waals surface area contributed by atoms with Crippen molar-refractivity contribution in [1.82, 2.24) is 4.90 Å². The Morgan fingerprint density at radius 1 is 1.23 bits per heavy atom. The lowest BCUT2D eigenvalue weighted by molar-refractivity contribution is -0.126. The number of benzene rings is 2. The van der Waals surface area contributed by atoms with Crippen LogP contribution in [0.15, 0.2) is 65.3 Å². The Balaban J connectivity index is 1.74. The minimum atomic E-state index is -1.25. The first-order valence-electron chi connectivity index (χ1n) is 9.59. The highest BCUT2D eigenvalue weighted by Crippen LogP contribution is 2.56. The van der Waals surface area contributed by atoms with Crippen LogP contribution in [0.25, 0.3) is 0 Å². The molecule has 0 aliphatic carbocycles. The van der Waals surface area contributed by atoms with Crippen LogP contribution in [0.3, 0.4) is 0 Å². The van der Waals surface area contributed by atoms with Gasteiger partial charge in [-0.2, -0.15) is 0 Å². The number of likely N-dealkylation sites (tertiary alicyclic amines) is 1. The van der Waals surface area contributed by atoms with Crippen LogP contribution in [0, 0.1) is 11.7 Å². The first-order valence-corrected chi connectivity index (χ1v) is 9.96. The Bertz CT molecular complexity index is 1150. The smallest absolute Gasteiger partial charge is 0.250 e. The van der Waals surface area contributed by atoms with Gasteiger partial charge in [-0.3, -0.25) is 14.5 Å². The van der Waals surface area contributed by atoms with E-state index in [4.69, 9.17) is 16.0 Å². The number of amides is 1. The minimum absolute atomic E-state index is 0.185. The molecule has 0 bridgehead atoms. The van der Waals surface area contributed by atoms with Crippen molar-refractivity contribution in [3.8, 4) is 0 Å². The molecule has 2 aromatic carbocycles. The SMILES string of the molecule is CN1C[C@H](c2ccc(F)cc2)[C@H](C(=O)c2ccco2)[C@@]12C(=O)Nc1ccc(Cl)cc12. The molecule has 1 amide bonds. The van der Waals surface area contributed by atoms with Crippen LogP contribution in [0.4, 0.5) is 10.1 Å². The van der Waals surface area contributed by atoms with E-state index < -0.39 is 11.5 Å². The van der Waals surface area contributed by atoms with E-state index in [0.717, 1.165) is 5.56 Å². The van der Waals surface area contributed by atoms with Crippen molar-refractivity contribution in [2.45, 2.75) is 11.5 Å². The highest BCUT2D eigenvalue weighted by atomic mass is 35.5. The van der Waals surface area contributed by atoms with Crippen molar-refractivity contribution in [1.29, 1.82) is 0 Å². The number of ketones is 1. The Hall–Kier alpha value is -2.96. The lowest BCUT2D eigenvalue weighted by atomic mass is 9.71. The van der Waals surface area contributed by atoms with E-state index in [2.05, 4.69) is 5.32 Å². The number of anilines is 1. The Morgan fingerprint density at radius 3 is 2.70 bits per heavy atom. The number of nitrogens with zero attached hydrogens (tertiary/aromatic N) is 1. The number of rotatable bonds is 3. The maximum absolute atomic E-state index is 13.7. The molecule has 0 radical (unpaired) electrons. The van der Waals surface area contributed by atoms with Crippen LogP contribution in [-0.4, -0.2) is 30.2 Å². The quantitative estimate of drug-likeness (QED) is 0.631. The van der Waals surface area contributed by atoms with Crippen LogP contribution < -0.4 is 5.32 Å². The molecule has 5 nitrogen and oxygen atoms in total. The van der Waals surface area contributed by atoms with Crippen LogP contribution in [0.1, 0.15) is 27.6 Å². The van der Waals surface area contributed by atoms with Gasteiger partial charge < -0.3 is 9.73 Å². The standard InChI is InChI=1S/C23H18ClFN2O3/c1-27-12-16(13-4-7-15(25)8-5-13)20(21(28)19-3-2-10-30-19)23(27)17-11-14(24)6-9-18(17)26-22(23)29/h2-11,16,20H,12H2,1H3,(H,26,29)/t16-,20-,23+/m1/s1. The van der Waals surface area contributed by atoms with Crippen LogP contribution in [0.2, 0.25) is 5.02 Å². The lowest BCUT2D eigenvalue weighted by Gasteiger charge is -2.35. The molecule has 3 atom stereocenters. The molecule has 5 rings (SSSR count). The zero-order valence-electron chi connectivity index (χ0n) is 16.1.